The average molecular weight is 476 g/mol. The van der Waals surface area contributed by atoms with Crippen LogP contribution < -0.4 is 16.0 Å². The molecule has 0 saturated heterocycles. The van der Waals surface area contributed by atoms with Gasteiger partial charge in [0.2, 0.25) is 0 Å². The van der Waals surface area contributed by atoms with Crippen LogP contribution in [0.4, 0.5) is 21.0 Å². The molecule has 0 bridgehead atoms. The van der Waals surface area contributed by atoms with E-state index in [1.807, 2.05) is 13.0 Å². The molecule has 0 fully saturated rings. The molecule has 0 saturated carbocycles. The maximum atomic E-state index is 13.0. The van der Waals surface area contributed by atoms with Gasteiger partial charge in [0.1, 0.15) is 0 Å². The largest absolute Gasteiger partial charge is 0.459 e. The van der Waals surface area contributed by atoms with Crippen molar-refractivity contribution in [2.45, 2.75) is 46.3 Å². The highest BCUT2D eigenvalue weighted by Gasteiger charge is 2.36. The van der Waals surface area contributed by atoms with E-state index in [-0.39, 0.29) is 12.1 Å². The van der Waals surface area contributed by atoms with E-state index in [0.29, 0.717) is 40.3 Å². The van der Waals surface area contributed by atoms with Crippen molar-refractivity contribution in [1.29, 1.82) is 5.26 Å². The number of nitriles is 1. The molecule has 1 aliphatic rings. The van der Waals surface area contributed by atoms with E-state index in [9.17, 15) is 14.4 Å². The van der Waals surface area contributed by atoms with Crippen LogP contribution in [0.2, 0.25) is 0 Å². The standard InChI is InChI=1S/C26H29N5O4/c1-5-13-31-17(4)22(24(32)35-16(2)3)23(30-26(31)34)19-7-6-8-21(14-19)29-25(33)28-20-11-9-18(15-27)10-12-20/h6-12,14,16,23H,5,13H2,1-4H3,(H,30,34)(H2,28,29,33). The van der Waals surface area contributed by atoms with Gasteiger partial charge in [-0.3, -0.25) is 4.90 Å². The second-order valence-electron chi connectivity index (χ2n) is 8.38. The Bertz CT molecular complexity index is 1180. The number of nitrogens with zero attached hydrogens (tertiary/aromatic N) is 2. The molecule has 9 heteroatoms. The van der Waals surface area contributed by atoms with Gasteiger partial charge in [0.05, 0.1) is 29.4 Å². The fourth-order valence-electron chi connectivity index (χ4n) is 3.78. The zero-order chi connectivity index (χ0) is 25.5. The summed E-state index contributed by atoms with van der Waals surface area (Å²) in [6.45, 7) is 7.71. The molecule has 3 rings (SSSR count). The van der Waals surface area contributed by atoms with Crippen molar-refractivity contribution in [2.24, 2.45) is 0 Å². The van der Waals surface area contributed by atoms with E-state index in [0.717, 1.165) is 6.42 Å². The molecule has 182 valence electrons. The Labute approximate surface area is 204 Å². The van der Waals surface area contributed by atoms with Crippen LogP contribution >= 0.6 is 0 Å². The maximum absolute atomic E-state index is 13.0. The molecule has 1 atom stereocenters. The van der Waals surface area contributed by atoms with Crippen LogP contribution in [0.1, 0.15) is 51.3 Å². The Kier molecular flexibility index (Phi) is 8.10. The first-order valence-electron chi connectivity index (χ1n) is 11.4. The summed E-state index contributed by atoms with van der Waals surface area (Å²) >= 11 is 0. The van der Waals surface area contributed by atoms with Crippen LogP contribution in [0.3, 0.4) is 0 Å². The minimum atomic E-state index is -0.731. The maximum Gasteiger partial charge on any atom is 0.338 e. The number of carbonyl (C=O) groups excluding carboxylic acids is 3. The summed E-state index contributed by atoms with van der Waals surface area (Å²) in [5, 5.41) is 17.3. The molecule has 2 aromatic carbocycles. The molecule has 4 amide bonds. The van der Waals surface area contributed by atoms with Crippen molar-refractivity contribution in [3.8, 4) is 6.07 Å². The van der Waals surface area contributed by atoms with Gasteiger partial charge < -0.3 is 20.7 Å². The van der Waals surface area contributed by atoms with Crippen LogP contribution in [0.5, 0.6) is 0 Å². The Morgan fingerprint density at radius 1 is 1.14 bits per heavy atom. The third-order valence-corrected chi connectivity index (χ3v) is 5.36. The molecule has 2 aromatic rings. The third-order valence-electron chi connectivity index (χ3n) is 5.36. The third kappa shape index (κ3) is 6.18. The molecule has 0 aromatic heterocycles. The first-order chi connectivity index (χ1) is 16.7. The number of rotatable bonds is 7. The lowest BCUT2D eigenvalue weighted by molar-refractivity contribution is -0.143. The number of hydrogen-bond donors (Lipinski definition) is 3. The molecule has 0 spiro atoms. The van der Waals surface area contributed by atoms with Crippen molar-refractivity contribution >= 4 is 29.4 Å². The first-order valence-corrected chi connectivity index (χ1v) is 11.4. The highest BCUT2D eigenvalue weighted by Crippen LogP contribution is 2.32. The average Bonchev–Trinajstić information content (AvgIpc) is 2.81. The number of carbonyl (C=O) groups is 3. The Balaban J connectivity index is 1.86. The van der Waals surface area contributed by atoms with Gasteiger partial charge in [0.25, 0.3) is 0 Å². The van der Waals surface area contributed by atoms with Gasteiger partial charge in [-0.05, 0) is 69.2 Å². The van der Waals surface area contributed by atoms with Crippen LogP contribution in [-0.2, 0) is 9.53 Å². The summed E-state index contributed by atoms with van der Waals surface area (Å²) < 4.78 is 5.48. The first kappa shape index (κ1) is 25.3. The van der Waals surface area contributed by atoms with Crippen LogP contribution in [0.25, 0.3) is 0 Å². The number of urea groups is 2. The monoisotopic (exact) mass is 475 g/mol. The van der Waals surface area contributed by atoms with Gasteiger partial charge in [-0.2, -0.15) is 5.26 Å². The fourth-order valence-corrected chi connectivity index (χ4v) is 3.78. The van der Waals surface area contributed by atoms with E-state index in [1.54, 1.807) is 74.2 Å². The van der Waals surface area contributed by atoms with E-state index in [2.05, 4.69) is 16.0 Å². The van der Waals surface area contributed by atoms with E-state index >= 15 is 0 Å². The Morgan fingerprint density at radius 2 is 1.83 bits per heavy atom. The van der Waals surface area contributed by atoms with Crippen LogP contribution in [0.15, 0.2) is 59.8 Å². The molecular formula is C26H29N5O4. The topological polar surface area (TPSA) is 124 Å². The van der Waals surface area contributed by atoms with Gasteiger partial charge in [-0.25, -0.2) is 14.4 Å². The van der Waals surface area contributed by atoms with Gasteiger partial charge >= 0.3 is 18.0 Å². The molecule has 9 nitrogen and oxygen atoms in total. The summed E-state index contributed by atoms with van der Waals surface area (Å²) in [6, 6.07) is 13.9. The molecule has 1 aliphatic heterocycles. The van der Waals surface area contributed by atoms with Gasteiger partial charge in [-0.15, -0.1) is 0 Å². The van der Waals surface area contributed by atoms with E-state index in [1.165, 1.54) is 0 Å². The van der Waals surface area contributed by atoms with Crippen LogP contribution in [0, 0.1) is 11.3 Å². The number of anilines is 2. The van der Waals surface area contributed by atoms with E-state index in [4.69, 9.17) is 10.00 Å². The lowest BCUT2D eigenvalue weighted by Gasteiger charge is -2.35. The number of benzene rings is 2. The van der Waals surface area contributed by atoms with Crippen molar-refractivity contribution in [1.82, 2.24) is 10.2 Å². The normalized spacial score (nSPS) is 15.4. The second kappa shape index (κ2) is 11.2. The number of esters is 1. The zero-order valence-corrected chi connectivity index (χ0v) is 20.2. The summed E-state index contributed by atoms with van der Waals surface area (Å²) in [6.07, 6.45) is 0.412. The summed E-state index contributed by atoms with van der Waals surface area (Å²) in [4.78, 5) is 39.9. The minimum Gasteiger partial charge on any atom is -0.459 e. The number of amides is 4. The van der Waals surface area contributed by atoms with Gasteiger partial charge in [0.15, 0.2) is 0 Å². The minimum absolute atomic E-state index is 0.299. The Hall–Kier alpha value is -4.32. The molecule has 3 N–H and O–H groups in total. The number of hydrogen-bond acceptors (Lipinski definition) is 5. The fraction of sp³-hybridized carbons (Fsp3) is 0.308. The lowest BCUT2D eigenvalue weighted by Crippen LogP contribution is -2.48. The molecule has 1 heterocycles. The molecule has 0 radical (unpaired) electrons. The number of ether oxygens (including phenoxy) is 1. The summed E-state index contributed by atoms with van der Waals surface area (Å²) in [7, 11) is 0. The molecular weight excluding hydrogens is 446 g/mol. The van der Waals surface area contributed by atoms with Crippen molar-refractivity contribution < 1.29 is 19.1 Å². The second-order valence-corrected chi connectivity index (χ2v) is 8.38. The van der Waals surface area contributed by atoms with Crippen molar-refractivity contribution in [3.63, 3.8) is 0 Å². The van der Waals surface area contributed by atoms with Crippen molar-refractivity contribution in [2.75, 3.05) is 17.2 Å². The predicted molar refractivity (Wildman–Crippen MR) is 132 cm³/mol. The van der Waals surface area contributed by atoms with E-state index < -0.39 is 18.0 Å². The SMILES string of the molecule is CCCN1C(=O)NC(c2cccc(NC(=O)Nc3ccc(C#N)cc3)c2)C(C(=O)OC(C)C)=C1C. The highest BCUT2D eigenvalue weighted by molar-refractivity contribution is 6.00. The summed E-state index contributed by atoms with van der Waals surface area (Å²) in [5.41, 5.74) is 3.03. The lowest BCUT2D eigenvalue weighted by atomic mass is 9.94. The highest BCUT2D eigenvalue weighted by atomic mass is 16.5. The quantitative estimate of drug-likeness (QED) is 0.491. The van der Waals surface area contributed by atoms with Gasteiger partial charge in [0, 0.05) is 23.6 Å². The van der Waals surface area contributed by atoms with Crippen molar-refractivity contribution in [3.05, 3.63) is 70.9 Å². The zero-order valence-electron chi connectivity index (χ0n) is 20.2. The molecule has 0 aliphatic carbocycles. The smallest absolute Gasteiger partial charge is 0.338 e. The molecule has 1 unspecified atom stereocenters. The van der Waals surface area contributed by atoms with Crippen LogP contribution in [-0.4, -0.2) is 35.6 Å². The molecule has 35 heavy (non-hydrogen) atoms. The number of allylic oxidation sites excluding steroid dienone is 1. The summed E-state index contributed by atoms with van der Waals surface area (Å²) in [5.74, 6) is -0.500. The van der Waals surface area contributed by atoms with Gasteiger partial charge in [-0.1, -0.05) is 19.1 Å². The Morgan fingerprint density at radius 3 is 2.46 bits per heavy atom. The predicted octanol–water partition coefficient (Wildman–Crippen LogP) is 4.90. The number of nitrogens with one attached hydrogen (secondary N) is 3.